The summed E-state index contributed by atoms with van der Waals surface area (Å²) in [7, 11) is 1.25. The molecule has 0 N–H and O–H groups in total. The molecule has 0 aliphatic heterocycles. The molecule has 0 aliphatic rings. The van der Waals surface area contributed by atoms with E-state index < -0.39 is 11.8 Å². The zero-order valence-electron chi connectivity index (χ0n) is 8.54. The van der Waals surface area contributed by atoms with E-state index in [0.29, 0.717) is 11.1 Å². The summed E-state index contributed by atoms with van der Waals surface area (Å²) < 4.78 is 17.4. The van der Waals surface area contributed by atoms with Crippen molar-refractivity contribution in [2.45, 2.75) is 13.3 Å². The van der Waals surface area contributed by atoms with Gasteiger partial charge in [-0.3, -0.25) is 9.59 Å². The van der Waals surface area contributed by atoms with Gasteiger partial charge >= 0.3 is 5.97 Å². The van der Waals surface area contributed by atoms with Crippen LogP contribution in [0.4, 0.5) is 4.39 Å². The molecule has 0 aromatic heterocycles. The number of hydrogen-bond acceptors (Lipinski definition) is 3. The summed E-state index contributed by atoms with van der Waals surface area (Å²) in [6.45, 7) is 1.37. The van der Waals surface area contributed by atoms with Crippen LogP contribution in [0.25, 0.3) is 0 Å². The van der Waals surface area contributed by atoms with E-state index in [-0.39, 0.29) is 12.2 Å². The van der Waals surface area contributed by atoms with Crippen molar-refractivity contribution in [2.75, 3.05) is 7.11 Å². The molecule has 0 fully saturated rings. The number of carbonyl (C=O) groups is 2. The normalized spacial score (nSPS) is 9.80. The lowest BCUT2D eigenvalue weighted by atomic mass is 10.0. The van der Waals surface area contributed by atoms with Crippen molar-refractivity contribution < 1.29 is 18.7 Å². The first-order chi connectivity index (χ1) is 7.04. The molecule has 1 aromatic carbocycles. The van der Waals surface area contributed by atoms with Crippen LogP contribution < -0.4 is 0 Å². The summed E-state index contributed by atoms with van der Waals surface area (Å²) >= 11 is 0. The molecule has 0 bridgehead atoms. The van der Waals surface area contributed by atoms with Crippen molar-refractivity contribution in [1.29, 1.82) is 0 Å². The molecule has 1 aromatic rings. The zero-order valence-corrected chi connectivity index (χ0v) is 8.54. The molecule has 0 amide bonds. The Labute approximate surface area is 86.9 Å². The highest BCUT2D eigenvalue weighted by molar-refractivity contribution is 5.96. The third kappa shape index (κ3) is 2.87. The highest BCUT2D eigenvalue weighted by atomic mass is 19.1. The van der Waals surface area contributed by atoms with E-state index in [2.05, 4.69) is 4.74 Å². The Kier molecular flexibility index (Phi) is 3.55. The van der Waals surface area contributed by atoms with Gasteiger partial charge in [-0.1, -0.05) is 0 Å². The topological polar surface area (TPSA) is 43.4 Å². The maximum Gasteiger partial charge on any atom is 0.310 e. The molecule has 3 nitrogen and oxygen atoms in total. The van der Waals surface area contributed by atoms with E-state index in [1.807, 2.05) is 0 Å². The molecule has 1 rings (SSSR count). The molecular formula is C11H11FO3. The van der Waals surface area contributed by atoms with Gasteiger partial charge in [0, 0.05) is 5.56 Å². The predicted octanol–water partition coefficient (Wildman–Crippen LogP) is 1.74. The van der Waals surface area contributed by atoms with Gasteiger partial charge in [-0.2, -0.15) is 0 Å². The first kappa shape index (κ1) is 11.4. The lowest BCUT2D eigenvalue weighted by Crippen LogP contribution is -2.09. The summed E-state index contributed by atoms with van der Waals surface area (Å²) in [5.74, 6) is -1.17. The van der Waals surface area contributed by atoms with Gasteiger partial charge in [0.2, 0.25) is 0 Å². The van der Waals surface area contributed by atoms with Gasteiger partial charge < -0.3 is 4.74 Å². The molecule has 0 saturated carbocycles. The minimum atomic E-state index is -0.497. The van der Waals surface area contributed by atoms with Crippen molar-refractivity contribution >= 4 is 11.8 Å². The molecule has 0 spiro atoms. The number of hydrogen-bond donors (Lipinski definition) is 0. The number of carbonyl (C=O) groups excluding carboxylic acids is 2. The minimum absolute atomic E-state index is 0.0941. The third-order valence-corrected chi connectivity index (χ3v) is 2.01. The van der Waals surface area contributed by atoms with Crippen molar-refractivity contribution in [3.05, 3.63) is 35.1 Å². The number of rotatable bonds is 3. The third-order valence-electron chi connectivity index (χ3n) is 2.01. The largest absolute Gasteiger partial charge is 0.469 e. The maximum absolute atomic E-state index is 12.9. The fourth-order valence-electron chi connectivity index (χ4n) is 1.28. The predicted molar refractivity (Wildman–Crippen MR) is 52.1 cm³/mol. The Balaban J connectivity index is 3.07. The lowest BCUT2D eigenvalue weighted by molar-refractivity contribution is -0.139. The maximum atomic E-state index is 12.9. The molecule has 0 heterocycles. The smallest absolute Gasteiger partial charge is 0.310 e. The fourth-order valence-corrected chi connectivity index (χ4v) is 1.28. The fraction of sp³-hybridized carbons (Fsp3) is 0.273. The molecule has 0 atom stereocenters. The number of ether oxygens (including phenoxy) is 1. The standard InChI is InChI=1S/C11H11FO3/c1-7(13)10-4-3-9(12)5-8(10)6-11(14)15-2/h3-5H,6H2,1-2H3. The van der Waals surface area contributed by atoms with Crippen molar-refractivity contribution in [2.24, 2.45) is 0 Å². The van der Waals surface area contributed by atoms with Gasteiger partial charge in [0.05, 0.1) is 13.5 Å². The average Bonchev–Trinajstić information content (AvgIpc) is 2.17. The van der Waals surface area contributed by atoms with Gasteiger partial charge in [-0.15, -0.1) is 0 Å². The van der Waals surface area contributed by atoms with Crippen LogP contribution >= 0.6 is 0 Å². The van der Waals surface area contributed by atoms with Crippen LogP contribution in [0.5, 0.6) is 0 Å². The van der Waals surface area contributed by atoms with Crippen molar-refractivity contribution in [1.82, 2.24) is 0 Å². The number of esters is 1. The molecule has 4 heteroatoms. The van der Waals surface area contributed by atoms with Crippen LogP contribution in [0.1, 0.15) is 22.8 Å². The van der Waals surface area contributed by atoms with E-state index in [1.54, 1.807) is 0 Å². The second kappa shape index (κ2) is 4.68. The number of ketones is 1. The number of benzene rings is 1. The molecule has 15 heavy (non-hydrogen) atoms. The van der Waals surface area contributed by atoms with Crippen molar-refractivity contribution in [3.8, 4) is 0 Å². The second-order valence-corrected chi connectivity index (χ2v) is 3.11. The molecule has 0 unspecified atom stereocenters. The molecule has 0 saturated heterocycles. The Hall–Kier alpha value is -1.71. The summed E-state index contributed by atoms with van der Waals surface area (Å²) in [6.07, 6.45) is -0.0941. The van der Waals surface area contributed by atoms with Crippen molar-refractivity contribution in [3.63, 3.8) is 0 Å². The Morgan fingerprint density at radius 2 is 2.07 bits per heavy atom. The monoisotopic (exact) mass is 210 g/mol. The summed E-state index contributed by atoms with van der Waals surface area (Å²) in [4.78, 5) is 22.2. The highest BCUT2D eigenvalue weighted by Gasteiger charge is 2.12. The minimum Gasteiger partial charge on any atom is -0.469 e. The van der Waals surface area contributed by atoms with Crippen LogP contribution in [0.3, 0.4) is 0 Å². The van der Waals surface area contributed by atoms with E-state index in [9.17, 15) is 14.0 Å². The van der Waals surface area contributed by atoms with Gasteiger partial charge in [0.15, 0.2) is 5.78 Å². The molecule has 80 valence electrons. The molecule has 0 radical (unpaired) electrons. The lowest BCUT2D eigenvalue weighted by Gasteiger charge is -2.05. The van der Waals surface area contributed by atoms with Crippen LogP contribution in [-0.4, -0.2) is 18.9 Å². The van der Waals surface area contributed by atoms with Gasteiger partial charge in [0.1, 0.15) is 5.82 Å². The van der Waals surface area contributed by atoms with E-state index in [4.69, 9.17) is 0 Å². The zero-order chi connectivity index (χ0) is 11.4. The second-order valence-electron chi connectivity index (χ2n) is 3.11. The summed E-state index contributed by atoms with van der Waals surface area (Å²) in [6, 6.07) is 3.74. The van der Waals surface area contributed by atoms with Gasteiger partial charge in [-0.05, 0) is 30.7 Å². The summed E-state index contributed by atoms with van der Waals surface area (Å²) in [5.41, 5.74) is 0.705. The Morgan fingerprint density at radius 3 is 2.60 bits per heavy atom. The Morgan fingerprint density at radius 1 is 1.40 bits per heavy atom. The van der Waals surface area contributed by atoms with E-state index in [0.717, 1.165) is 0 Å². The molecular weight excluding hydrogens is 199 g/mol. The average molecular weight is 210 g/mol. The number of halogens is 1. The van der Waals surface area contributed by atoms with Gasteiger partial charge in [0.25, 0.3) is 0 Å². The highest BCUT2D eigenvalue weighted by Crippen LogP contribution is 2.13. The number of methoxy groups -OCH3 is 1. The van der Waals surface area contributed by atoms with E-state index >= 15 is 0 Å². The number of Topliss-reactive ketones (excluding diaryl/α,β-unsaturated/α-hetero) is 1. The molecule has 0 aliphatic carbocycles. The quantitative estimate of drug-likeness (QED) is 0.563. The Bertz CT molecular complexity index is 399. The van der Waals surface area contributed by atoms with Crippen LogP contribution in [-0.2, 0) is 16.0 Å². The van der Waals surface area contributed by atoms with Crippen LogP contribution in [0.15, 0.2) is 18.2 Å². The summed E-state index contributed by atoms with van der Waals surface area (Å²) in [5, 5.41) is 0. The van der Waals surface area contributed by atoms with Gasteiger partial charge in [-0.25, -0.2) is 4.39 Å². The van der Waals surface area contributed by atoms with E-state index in [1.165, 1.54) is 32.2 Å². The van der Waals surface area contributed by atoms with Crippen LogP contribution in [0.2, 0.25) is 0 Å². The SMILES string of the molecule is COC(=O)Cc1cc(F)ccc1C(C)=O. The van der Waals surface area contributed by atoms with Crippen LogP contribution in [0, 0.1) is 5.82 Å². The first-order valence-corrected chi connectivity index (χ1v) is 4.40. The first-order valence-electron chi connectivity index (χ1n) is 4.40.